The van der Waals surface area contributed by atoms with E-state index in [0.717, 1.165) is 5.57 Å². The van der Waals surface area contributed by atoms with Crippen molar-refractivity contribution in [2.75, 3.05) is 0 Å². The van der Waals surface area contributed by atoms with E-state index < -0.39 is 23.3 Å². The summed E-state index contributed by atoms with van der Waals surface area (Å²) in [5, 5.41) is 0. The largest absolute Gasteiger partial charge is 0.351 e. The molecule has 0 aliphatic carbocycles. The Morgan fingerprint density at radius 3 is 2.38 bits per heavy atom. The lowest BCUT2D eigenvalue weighted by Crippen LogP contribution is -2.48. The number of hydrogen-bond donors (Lipinski definition) is 0. The van der Waals surface area contributed by atoms with Gasteiger partial charge in [0.05, 0.1) is 0 Å². The van der Waals surface area contributed by atoms with E-state index in [-0.39, 0.29) is 5.78 Å². The minimum atomic E-state index is -1.19. The van der Waals surface area contributed by atoms with Crippen molar-refractivity contribution in [2.24, 2.45) is 0 Å². The van der Waals surface area contributed by atoms with E-state index in [9.17, 15) is 14.4 Å². The number of hydrogen-bond acceptors (Lipinski definition) is 4. The first-order valence-corrected chi connectivity index (χ1v) is 5.18. The summed E-state index contributed by atoms with van der Waals surface area (Å²) in [6.07, 6.45) is 1.42. The van der Waals surface area contributed by atoms with Crippen molar-refractivity contribution in [3.8, 4) is 0 Å². The van der Waals surface area contributed by atoms with Crippen LogP contribution in [-0.2, 0) is 19.1 Å². The minimum Gasteiger partial charge on any atom is -0.351 e. The van der Waals surface area contributed by atoms with Crippen LogP contribution in [0.1, 0.15) is 34.1 Å². The molecule has 1 aliphatic rings. The summed E-state index contributed by atoms with van der Waals surface area (Å²) >= 11 is 0. The Hall–Kier alpha value is -1.29. The normalized spacial score (nSPS) is 29.5. The third kappa shape index (κ3) is 2.27. The van der Waals surface area contributed by atoms with Crippen molar-refractivity contribution >= 4 is 17.3 Å². The highest BCUT2D eigenvalue weighted by Gasteiger charge is 2.42. The summed E-state index contributed by atoms with van der Waals surface area (Å²) in [4.78, 5) is 34.1. The SMILES string of the molecule is CC(=O)C(=O)C1(C)CC=C(C)C(C(C)=O)O1. The first kappa shape index (κ1) is 12.8. The van der Waals surface area contributed by atoms with Crippen LogP contribution in [0.25, 0.3) is 0 Å². The van der Waals surface area contributed by atoms with Gasteiger partial charge in [0.2, 0.25) is 5.78 Å². The van der Waals surface area contributed by atoms with Gasteiger partial charge in [-0.1, -0.05) is 6.08 Å². The molecule has 0 amide bonds. The van der Waals surface area contributed by atoms with Gasteiger partial charge in [0.15, 0.2) is 11.6 Å². The van der Waals surface area contributed by atoms with Gasteiger partial charge in [0, 0.05) is 13.3 Å². The molecule has 4 nitrogen and oxygen atoms in total. The van der Waals surface area contributed by atoms with Crippen LogP contribution in [0, 0.1) is 0 Å². The van der Waals surface area contributed by atoms with Crippen LogP contribution in [0.15, 0.2) is 11.6 Å². The van der Waals surface area contributed by atoms with Crippen LogP contribution >= 0.6 is 0 Å². The fourth-order valence-electron chi connectivity index (χ4n) is 1.79. The van der Waals surface area contributed by atoms with Gasteiger partial charge < -0.3 is 4.74 Å². The van der Waals surface area contributed by atoms with E-state index in [1.54, 1.807) is 19.9 Å². The van der Waals surface area contributed by atoms with Gasteiger partial charge in [0.1, 0.15) is 11.7 Å². The van der Waals surface area contributed by atoms with Crippen molar-refractivity contribution in [1.82, 2.24) is 0 Å². The van der Waals surface area contributed by atoms with E-state index in [4.69, 9.17) is 4.74 Å². The topological polar surface area (TPSA) is 60.4 Å². The third-order valence-electron chi connectivity index (χ3n) is 2.77. The Morgan fingerprint density at radius 1 is 1.38 bits per heavy atom. The van der Waals surface area contributed by atoms with Crippen LogP contribution in [-0.4, -0.2) is 29.1 Å². The minimum absolute atomic E-state index is 0.156. The maximum atomic E-state index is 11.7. The van der Waals surface area contributed by atoms with Gasteiger partial charge in [-0.3, -0.25) is 14.4 Å². The summed E-state index contributed by atoms with van der Waals surface area (Å²) in [6.45, 7) is 5.95. The van der Waals surface area contributed by atoms with Crippen molar-refractivity contribution in [3.05, 3.63) is 11.6 Å². The third-order valence-corrected chi connectivity index (χ3v) is 2.77. The number of carbonyl (C=O) groups excluding carboxylic acids is 3. The molecule has 0 fully saturated rings. The number of Topliss-reactive ketones (excluding diaryl/α,β-unsaturated/α-hetero) is 3. The van der Waals surface area contributed by atoms with Crippen molar-refractivity contribution in [3.63, 3.8) is 0 Å². The molecular formula is C12H16O4. The molecule has 88 valence electrons. The molecule has 0 spiro atoms. The molecule has 2 atom stereocenters. The maximum absolute atomic E-state index is 11.7. The molecule has 0 radical (unpaired) electrons. The van der Waals surface area contributed by atoms with Gasteiger partial charge in [-0.15, -0.1) is 0 Å². The molecular weight excluding hydrogens is 208 g/mol. The fourth-order valence-corrected chi connectivity index (χ4v) is 1.79. The van der Waals surface area contributed by atoms with Gasteiger partial charge in [-0.2, -0.15) is 0 Å². The molecule has 0 bridgehead atoms. The van der Waals surface area contributed by atoms with E-state index in [2.05, 4.69) is 0 Å². The van der Waals surface area contributed by atoms with E-state index >= 15 is 0 Å². The molecule has 0 saturated heterocycles. The Balaban J connectivity index is 3.00. The van der Waals surface area contributed by atoms with Crippen molar-refractivity contribution in [1.29, 1.82) is 0 Å². The number of carbonyl (C=O) groups is 3. The van der Waals surface area contributed by atoms with Gasteiger partial charge in [-0.25, -0.2) is 0 Å². The molecule has 0 saturated carbocycles. The standard InChI is InChI=1S/C12H16O4/c1-7-5-6-12(4,11(15)9(3)14)16-10(7)8(2)13/h5,10H,6H2,1-4H3. The average molecular weight is 224 g/mol. The number of rotatable bonds is 3. The van der Waals surface area contributed by atoms with Gasteiger partial charge >= 0.3 is 0 Å². The van der Waals surface area contributed by atoms with E-state index in [1.165, 1.54) is 13.8 Å². The molecule has 1 aliphatic heterocycles. The molecule has 0 aromatic heterocycles. The molecule has 0 aromatic rings. The Kier molecular flexibility index (Phi) is 3.43. The van der Waals surface area contributed by atoms with Crippen LogP contribution in [0.2, 0.25) is 0 Å². The summed E-state index contributed by atoms with van der Waals surface area (Å²) in [5.41, 5.74) is -0.400. The zero-order valence-corrected chi connectivity index (χ0v) is 9.99. The maximum Gasteiger partial charge on any atom is 0.229 e. The second-order valence-electron chi connectivity index (χ2n) is 4.38. The smallest absolute Gasteiger partial charge is 0.229 e. The highest BCUT2D eigenvalue weighted by Crippen LogP contribution is 2.29. The molecule has 0 N–H and O–H groups in total. The molecule has 1 heterocycles. The molecule has 0 aromatic carbocycles. The lowest BCUT2D eigenvalue weighted by Gasteiger charge is -2.34. The first-order valence-electron chi connectivity index (χ1n) is 5.18. The number of ether oxygens (including phenoxy) is 1. The lowest BCUT2D eigenvalue weighted by atomic mass is 9.88. The van der Waals surface area contributed by atoms with E-state index in [1.807, 2.05) is 0 Å². The molecule has 1 rings (SSSR count). The molecule has 4 heteroatoms. The van der Waals surface area contributed by atoms with Crippen LogP contribution in [0.3, 0.4) is 0 Å². The Morgan fingerprint density at radius 2 is 1.94 bits per heavy atom. The van der Waals surface area contributed by atoms with Gasteiger partial charge in [-0.05, 0) is 26.3 Å². The fraction of sp³-hybridized carbons (Fsp3) is 0.583. The molecule has 16 heavy (non-hydrogen) atoms. The highest BCUT2D eigenvalue weighted by atomic mass is 16.5. The summed E-state index contributed by atoms with van der Waals surface area (Å²) in [5.74, 6) is -1.28. The predicted molar refractivity (Wildman–Crippen MR) is 58.0 cm³/mol. The predicted octanol–water partition coefficient (Wildman–Crippen LogP) is 1.23. The summed E-state index contributed by atoms with van der Waals surface area (Å²) in [7, 11) is 0. The Bertz CT molecular complexity index is 380. The second-order valence-corrected chi connectivity index (χ2v) is 4.38. The highest BCUT2D eigenvalue weighted by molar-refractivity contribution is 6.39. The summed E-state index contributed by atoms with van der Waals surface area (Å²) < 4.78 is 5.48. The van der Waals surface area contributed by atoms with E-state index in [0.29, 0.717) is 6.42 Å². The summed E-state index contributed by atoms with van der Waals surface area (Å²) in [6, 6.07) is 0. The Labute approximate surface area is 94.7 Å². The van der Waals surface area contributed by atoms with Crippen molar-refractivity contribution < 1.29 is 19.1 Å². The average Bonchev–Trinajstić information content (AvgIpc) is 2.20. The quantitative estimate of drug-likeness (QED) is 0.534. The first-order chi connectivity index (χ1) is 7.28. The monoisotopic (exact) mass is 224 g/mol. The van der Waals surface area contributed by atoms with Crippen LogP contribution < -0.4 is 0 Å². The van der Waals surface area contributed by atoms with Crippen molar-refractivity contribution in [2.45, 2.75) is 45.8 Å². The van der Waals surface area contributed by atoms with Gasteiger partial charge in [0.25, 0.3) is 0 Å². The second kappa shape index (κ2) is 4.29. The molecule has 2 unspecified atom stereocenters. The zero-order valence-electron chi connectivity index (χ0n) is 9.99. The van der Waals surface area contributed by atoms with Crippen LogP contribution in [0.4, 0.5) is 0 Å². The van der Waals surface area contributed by atoms with Crippen LogP contribution in [0.5, 0.6) is 0 Å². The zero-order chi connectivity index (χ0) is 12.5. The number of ketones is 3. The lowest BCUT2D eigenvalue weighted by molar-refractivity contribution is -0.159.